The van der Waals surface area contributed by atoms with Gasteiger partial charge in [0.15, 0.2) is 0 Å². The van der Waals surface area contributed by atoms with E-state index < -0.39 is 17.4 Å². The van der Waals surface area contributed by atoms with Crippen LogP contribution in [0.15, 0.2) is 89.3 Å². The number of hydrogen-bond acceptors (Lipinski definition) is 5. The number of nitrogens with zero attached hydrogens (tertiary/aromatic N) is 3. The molecule has 0 spiro atoms. The van der Waals surface area contributed by atoms with E-state index in [1.807, 2.05) is 37.3 Å². The molecule has 0 aliphatic carbocycles. The lowest BCUT2D eigenvalue weighted by atomic mass is 10.1. The Kier molecular flexibility index (Phi) is 7.80. The van der Waals surface area contributed by atoms with Crippen LogP contribution in [0.4, 0.5) is 5.69 Å². The molecule has 0 aliphatic rings. The molecule has 0 atom stereocenters. The molecule has 4 aromatic rings. The maximum absolute atomic E-state index is 12.6. The number of para-hydroxylation sites is 1. The molecular formula is C28H24N4O4. The van der Waals surface area contributed by atoms with E-state index in [0.717, 1.165) is 17.0 Å². The summed E-state index contributed by atoms with van der Waals surface area (Å²) < 4.78 is 11.7. The van der Waals surface area contributed by atoms with Gasteiger partial charge >= 0.3 is 11.6 Å². The van der Waals surface area contributed by atoms with Gasteiger partial charge in [-0.1, -0.05) is 48.5 Å². The molecule has 1 heterocycles. The number of rotatable bonds is 10. The van der Waals surface area contributed by atoms with E-state index in [-0.39, 0.29) is 6.42 Å². The molecular weight excluding hydrogens is 456 g/mol. The van der Waals surface area contributed by atoms with Crippen molar-refractivity contribution in [2.45, 2.75) is 19.8 Å². The first-order chi connectivity index (χ1) is 17.5. The largest absolute Gasteiger partial charge is 0.493 e. The highest BCUT2D eigenvalue weighted by Gasteiger charge is 2.29. The average Bonchev–Trinajstić information content (AvgIpc) is 3.26. The van der Waals surface area contributed by atoms with E-state index in [0.29, 0.717) is 35.9 Å². The lowest BCUT2D eigenvalue weighted by Gasteiger charge is -2.07. The molecule has 3 aromatic carbocycles. The lowest BCUT2D eigenvalue weighted by Crippen LogP contribution is -2.32. The van der Waals surface area contributed by atoms with Gasteiger partial charge in [-0.3, -0.25) is 9.59 Å². The number of ether oxygens (including phenoxy) is 1. The number of carbonyl (C=O) groups is 2. The Hall–Kier alpha value is -4.81. The first-order valence-corrected chi connectivity index (χ1v) is 11.4. The second-order valence-corrected chi connectivity index (χ2v) is 8.00. The van der Waals surface area contributed by atoms with Crippen molar-refractivity contribution < 1.29 is 23.5 Å². The Bertz CT molecular complexity index is 1410. The van der Waals surface area contributed by atoms with Crippen LogP contribution in [-0.4, -0.2) is 33.8 Å². The summed E-state index contributed by atoms with van der Waals surface area (Å²) >= 11 is 0. The standard InChI is InChI=1S/C28H24N4O4/c1-19-24(31-28(36-19)21-10-4-2-5-11-21)15-16-35-23-14-8-9-20(17-23)18-25(33)26(32-29)27(34)30-22-12-6-3-7-13-22/h2-14,17H,15-16,18H2,1H3,(H,30,34). The summed E-state index contributed by atoms with van der Waals surface area (Å²) in [5.74, 6) is 0.484. The summed E-state index contributed by atoms with van der Waals surface area (Å²) in [6, 6.07) is 25.3. The van der Waals surface area contributed by atoms with E-state index in [1.54, 1.807) is 54.6 Å². The first kappa shape index (κ1) is 24.3. The number of amides is 1. The molecule has 8 nitrogen and oxygen atoms in total. The molecule has 0 unspecified atom stereocenters. The number of aromatic nitrogens is 1. The molecule has 8 heteroatoms. The number of oxazole rings is 1. The molecule has 0 saturated carbocycles. The molecule has 4 rings (SSSR count). The van der Waals surface area contributed by atoms with Crippen LogP contribution in [0, 0.1) is 6.92 Å². The molecule has 0 saturated heterocycles. The Balaban J connectivity index is 1.34. The van der Waals surface area contributed by atoms with Crippen LogP contribution in [0.5, 0.6) is 5.75 Å². The Morgan fingerprint density at radius 2 is 1.72 bits per heavy atom. The van der Waals surface area contributed by atoms with Crippen molar-refractivity contribution in [1.29, 1.82) is 0 Å². The molecule has 36 heavy (non-hydrogen) atoms. The zero-order chi connectivity index (χ0) is 25.3. The monoisotopic (exact) mass is 480 g/mol. The second-order valence-electron chi connectivity index (χ2n) is 8.00. The van der Waals surface area contributed by atoms with Gasteiger partial charge in [0, 0.05) is 24.1 Å². The minimum Gasteiger partial charge on any atom is -0.493 e. The molecule has 0 bridgehead atoms. The quantitative estimate of drug-likeness (QED) is 0.153. The van der Waals surface area contributed by atoms with Crippen LogP contribution in [0.25, 0.3) is 17.0 Å². The third kappa shape index (κ3) is 6.20. The number of anilines is 1. The van der Waals surface area contributed by atoms with Crippen LogP contribution in [0.3, 0.4) is 0 Å². The van der Waals surface area contributed by atoms with E-state index in [2.05, 4.69) is 15.1 Å². The SMILES string of the molecule is Cc1oc(-c2ccccc2)nc1CCOc1cccc(CC(=O)C(=[N+]=[N-])C(=O)Nc2ccccc2)c1. The minimum absolute atomic E-state index is 0.123. The normalized spacial score (nSPS) is 10.4. The molecule has 0 fully saturated rings. The van der Waals surface area contributed by atoms with Gasteiger partial charge in [0.2, 0.25) is 5.89 Å². The number of hydrogen-bond donors (Lipinski definition) is 1. The van der Waals surface area contributed by atoms with Crippen LogP contribution in [-0.2, 0) is 22.4 Å². The predicted octanol–water partition coefficient (Wildman–Crippen LogP) is 4.69. The van der Waals surface area contributed by atoms with Gasteiger partial charge in [0.25, 0.3) is 5.78 Å². The summed E-state index contributed by atoms with van der Waals surface area (Å²) in [4.78, 5) is 32.5. The van der Waals surface area contributed by atoms with Crippen molar-refractivity contribution in [2.75, 3.05) is 11.9 Å². The van der Waals surface area contributed by atoms with E-state index in [4.69, 9.17) is 9.15 Å². The number of nitrogens with one attached hydrogen (secondary N) is 1. The van der Waals surface area contributed by atoms with Crippen LogP contribution in [0.2, 0.25) is 0 Å². The maximum atomic E-state index is 12.6. The van der Waals surface area contributed by atoms with Crippen LogP contribution in [0.1, 0.15) is 17.0 Å². The van der Waals surface area contributed by atoms with Crippen molar-refractivity contribution in [3.05, 3.63) is 107 Å². The second kappa shape index (κ2) is 11.6. The minimum atomic E-state index is -0.779. The molecule has 180 valence electrons. The molecule has 1 N–H and O–H groups in total. The number of aryl methyl sites for hydroxylation is 1. The molecule has 1 amide bonds. The van der Waals surface area contributed by atoms with Gasteiger partial charge in [-0.15, -0.1) is 0 Å². The number of benzene rings is 3. The van der Waals surface area contributed by atoms with Gasteiger partial charge in [0.05, 0.1) is 12.3 Å². The van der Waals surface area contributed by atoms with Crippen molar-refractivity contribution in [1.82, 2.24) is 4.98 Å². The van der Waals surface area contributed by atoms with Crippen molar-refractivity contribution >= 4 is 23.1 Å². The third-order valence-corrected chi connectivity index (χ3v) is 5.39. The van der Waals surface area contributed by atoms with Gasteiger partial charge in [0.1, 0.15) is 11.5 Å². The van der Waals surface area contributed by atoms with Crippen molar-refractivity contribution in [3.8, 4) is 17.2 Å². The fraction of sp³-hybridized carbons (Fsp3) is 0.143. The third-order valence-electron chi connectivity index (χ3n) is 5.39. The summed E-state index contributed by atoms with van der Waals surface area (Å²) in [6.07, 6.45) is 0.425. The van der Waals surface area contributed by atoms with E-state index in [9.17, 15) is 15.1 Å². The van der Waals surface area contributed by atoms with Gasteiger partial charge < -0.3 is 20.0 Å². The van der Waals surface area contributed by atoms with Crippen LogP contribution < -0.4 is 10.1 Å². The summed E-state index contributed by atoms with van der Waals surface area (Å²) in [5.41, 5.74) is 11.5. The smallest absolute Gasteiger partial charge is 0.422 e. The molecule has 0 aliphatic heterocycles. The summed E-state index contributed by atoms with van der Waals surface area (Å²) in [7, 11) is 0. The number of ketones is 1. The zero-order valence-corrected chi connectivity index (χ0v) is 19.7. The highest BCUT2D eigenvalue weighted by molar-refractivity contribution is 6.65. The average molecular weight is 481 g/mol. The lowest BCUT2D eigenvalue weighted by molar-refractivity contribution is -0.122. The highest BCUT2D eigenvalue weighted by atomic mass is 16.5. The van der Waals surface area contributed by atoms with Gasteiger partial charge in [-0.25, -0.2) is 4.98 Å². The van der Waals surface area contributed by atoms with Crippen molar-refractivity contribution in [3.63, 3.8) is 0 Å². The predicted molar refractivity (Wildman–Crippen MR) is 135 cm³/mol. The van der Waals surface area contributed by atoms with Gasteiger partial charge in [-0.2, -0.15) is 4.79 Å². The first-order valence-electron chi connectivity index (χ1n) is 11.4. The Morgan fingerprint density at radius 3 is 2.44 bits per heavy atom. The summed E-state index contributed by atoms with van der Waals surface area (Å²) in [6.45, 7) is 2.23. The topological polar surface area (TPSA) is 118 Å². The zero-order valence-electron chi connectivity index (χ0n) is 19.7. The van der Waals surface area contributed by atoms with Crippen LogP contribution >= 0.6 is 0 Å². The molecule has 1 aromatic heterocycles. The molecule has 0 radical (unpaired) electrons. The fourth-order valence-corrected chi connectivity index (χ4v) is 3.58. The Morgan fingerprint density at radius 1 is 1.00 bits per heavy atom. The summed E-state index contributed by atoms with van der Waals surface area (Å²) in [5, 5.41) is 2.54. The highest BCUT2D eigenvalue weighted by Crippen LogP contribution is 2.22. The Labute approximate surface area is 208 Å². The maximum Gasteiger partial charge on any atom is 0.422 e. The van der Waals surface area contributed by atoms with Crippen molar-refractivity contribution in [2.24, 2.45) is 0 Å². The van der Waals surface area contributed by atoms with E-state index >= 15 is 0 Å². The number of carbonyl (C=O) groups excluding carboxylic acids is 2. The van der Waals surface area contributed by atoms with Gasteiger partial charge in [-0.05, 0) is 48.9 Å². The number of Topliss-reactive ketones (excluding diaryl/α,β-unsaturated/α-hetero) is 1. The van der Waals surface area contributed by atoms with E-state index in [1.165, 1.54) is 0 Å². The fourth-order valence-electron chi connectivity index (χ4n) is 3.58.